The predicted molar refractivity (Wildman–Crippen MR) is 126 cm³/mol. The molecule has 2 saturated carbocycles. The Hall–Kier alpha value is -2.20. The molecule has 0 aromatic heterocycles. The van der Waals surface area contributed by atoms with Crippen LogP contribution in [0.5, 0.6) is 5.75 Å². The zero-order valence-corrected chi connectivity index (χ0v) is 19.5. The van der Waals surface area contributed by atoms with E-state index in [4.69, 9.17) is 21.1 Å². The molecule has 1 saturated heterocycles. The number of hydrogen-bond donors (Lipinski definition) is 0. The first-order valence-electron chi connectivity index (χ1n) is 11.9. The Balaban J connectivity index is 1.28. The number of fused-ring (bicyclic) bond motifs is 7. The van der Waals surface area contributed by atoms with Crippen molar-refractivity contribution in [3.05, 3.63) is 58.6 Å². The average Bonchev–Trinajstić information content (AvgIpc) is 3.10. The van der Waals surface area contributed by atoms with Gasteiger partial charge in [0.2, 0.25) is 0 Å². The van der Waals surface area contributed by atoms with Crippen molar-refractivity contribution in [3.63, 3.8) is 0 Å². The normalized spacial score (nSPS) is 35.3. The largest absolute Gasteiger partial charge is 0.497 e. The first kappa shape index (κ1) is 20.4. The molecule has 32 heavy (non-hydrogen) atoms. The van der Waals surface area contributed by atoms with E-state index in [1.165, 1.54) is 24.0 Å². The molecule has 5 heteroatoms. The van der Waals surface area contributed by atoms with E-state index in [2.05, 4.69) is 25.1 Å². The van der Waals surface area contributed by atoms with E-state index in [1.54, 1.807) is 12.0 Å². The molecule has 2 aromatic carbocycles. The fourth-order valence-corrected chi connectivity index (χ4v) is 7.66. The van der Waals surface area contributed by atoms with Gasteiger partial charge < -0.3 is 9.47 Å². The first-order valence-corrected chi connectivity index (χ1v) is 12.3. The van der Waals surface area contributed by atoms with E-state index < -0.39 is 0 Å². The van der Waals surface area contributed by atoms with Crippen LogP contribution >= 0.6 is 11.6 Å². The average molecular weight is 452 g/mol. The van der Waals surface area contributed by atoms with Crippen LogP contribution in [0.1, 0.15) is 49.7 Å². The number of carbonyl (C=O) groups excluding carboxylic acids is 1. The molecule has 4 nitrogen and oxygen atoms in total. The summed E-state index contributed by atoms with van der Waals surface area (Å²) in [6.45, 7) is 3.13. The van der Waals surface area contributed by atoms with Crippen molar-refractivity contribution in [1.82, 2.24) is 0 Å². The molecule has 0 spiro atoms. The molecule has 6 atom stereocenters. The smallest absolute Gasteiger partial charge is 0.414 e. The van der Waals surface area contributed by atoms with Gasteiger partial charge in [-0.05, 0) is 97.4 Å². The van der Waals surface area contributed by atoms with Crippen molar-refractivity contribution in [3.8, 4) is 5.75 Å². The van der Waals surface area contributed by atoms with Gasteiger partial charge in [-0.3, -0.25) is 4.90 Å². The number of methoxy groups -OCH3 is 1. The number of amides is 1. The number of aryl methyl sites for hydroxylation is 1. The molecule has 0 N–H and O–H groups in total. The van der Waals surface area contributed by atoms with Crippen molar-refractivity contribution in [2.24, 2.45) is 23.2 Å². The highest BCUT2D eigenvalue weighted by molar-refractivity contribution is 6.30. The summed E-state index contributed by atoms with van der Waals surface area (Å²) in [7, 11) is 1.74. The molecule has 3 aliphatic carbocycles. The third kappa shape index (κ3) is 2.98. The monoisotopic (exact) mass is 451 g/mol. The third-order valence-corrected chi connectivity index (χ3v) is 9.26. The van der Waals surface area contributed by atoms with Crippen LogP contribution in [0.15, 0.2) is 42.5 Å². The van der Waals surface area contributed by atoms with Crippen LogP contribution in [0.25, 0.3) is 0 Å². The second kappa shape index (κ2) is 7.41. The Morgan fingerprint density at radius 2 is 1.97 bits per heavy atom. The summed E-state index contributed by atoms with van der Waals surface area (Å²) in [5, 5.41) is 0.678. The topological polar surface area (TPSA) is 38.8 Å². The van der Waals surface area contributed by atoms with Gasteiger partial charge in [-0.2, -0.15) is 0 Å². The molecule has 1 amide bonds. The lowest BCUT2D eigenvalue weighted by Crippen LogP contribution is -2.52. The Morgan fingerprint density at radius 3 is 2.75 bits per heavy atom. The fraction of sp³-hybridized carbons (Fsp3) is 0.519. The molecule has 1 aliphatic heterocycles. The highest BCUT2D eigenvalue weighted by Gasteiger charge is 2.61. The lowest BCUT2D eigenvalue weighted by Gasteiger charge is -2.51. The van der Waals surface area contributed by atoms with Crippen molar-refractivity contribution < 1.29 is 14.3 Å². The van der Waals surface area contributed by atoms with Gasteiger partial charge in [0.05, 0.1) is 7.11 Å². The maximum Gasteiger partial charge on any atom is 0.414 e. The summed E-state index contributed by atoms with van der Waals surface area (Å²) >= 11 is 6.05. The van der Waals surface area contributed by atoms with E-state index in [0.29, 0.717) is 28.7 Å². The van der Waals surface area contributed by atoms with Crippen molar-refractivity contribution in [1.29, 1.82) is 0 Å². The summed E-state index contributed by atoms with van der Waals surface area (Å²) in [5.74, 6) is 3.23. The lowest BCUT2D eigenvalue weighted by molar-refractivity contribution is -0.0461. The minimum absolute atomic E-state index is 0.0294. The minimum atomic E-state index is -0.210. The molecule has 3 fully saturated rings. The van der Waals surface area contributed by atoms with E-state index in [1.807, 2.05) is 24.3 Å². The van der Waals surface area contributed by atoms with Gasteiger partial charge in [0.1, 0.15) is 11.9 Å². The summed E-state index contributed by atoms with van der Waals surface area (Å²) in [4.78, 5) is 14.8. The van der Waals surface area contributed by atoms with E-state index >= 15 is 0 Å². The van der Waals surface area contributed by atoms with Gasteiger partial charge in [0.15, 0.2) is 0 Å². The van der Waals surface area contributed by atoms with Crippen LogP contribution in [0.3, 0.4) is 0 Å². The van der Waals surface area contributed by atoms with Crippen LogP contribution in [0.4, 0.5) is 10.5 Å². The van der Waals surface area contributed by atoms with Gasteiger partial charge in [-0.15, -0.1) is 0 Å². The second-order valence-electron chi connectivity index (χ2n) is 10.4. The first-order chi connectivity index (χ1) is 15.5. The number of ether oxygens (including phenoxy) is 2. The van der Waals surface area contributed by atoms with Crippen LogP contribution in [-0.4, -0.2) is 25.9 Å². The standard InChI is InChI=1S/C27H30ClNO3/c1-27-12-11-22-21-10-8-20(31-2)13-16(21)3-9-23(22)24(27)14-17-15-29(26(30)32-25(17)27)19-6-4-18(28)5-7-19/h4-8,10,13,17,22-25H,3,9,11-12,14-15H2,1-2H3/t17-,22-,23-,24+,25+,27+/m1/s1. The predicted octanol–water partition coefficient (Wildman–Crippen LogP) is 6.46. The Morgan fingerprint density at radius 1 is 1.16 bits per heavy atom. The number of hydrogen-bond acceptors (Lipinski definition) is 3. The molecule has 0 bridgehead atoms. The maximum absolute atomic E-state index is 13.0. The summed E-state index contributed by atoms with van der Waals surface area (Å²) in [6, 6.07) is 14.2. The molecule has 0 radical (unpaired) electrons. The fourth-order valence-electron chi connectivity index (χ4n) is 7.53. The van der Waals surface area contributed by atoms with E-state index in [0.717, 1.165) is 37.2 Å². The summed E-state index contributed by atoms with van der Waals surface area (Å²) in [5.41, 5.74) is 3.94. The zero-order valence-electron chi connectivity index (χ0n) is 18.7. The Labute approximate surface area is 194 Å². The minimum Gasteiger partial charge on any atom is -0.497 e. The number of rotatable bonds is 2. The highest BCUT2D eigenvalue weighted by Crippen LogP contribution is 2.63. The molecule has 4 aliphatic rings. The van der Waals surface area contributed by atoms with Crippen LogP contribution in [0.2, 0.25) is 5.02 Å². The summed E-state index contributed by atoms with van der Waals surface area (Å²) in [6.07, 6.45) is 5.61. The summed E-state index contributed by atoms with van der Waals surface area (Å²) < 4.78 is 11.7. The Bertz CT molecular complexity index is 1050. The maximum atomic E-state index is 13.0. The number of carbonyl (C=O) groups is 1. The van der Waals surface area contributed by atoms with Gasteiger partial charge in [0, 0.05) is 28.6 Å². The second-order valence-corrected chi connectivity index (χ2v) is 10.8. The molecule has 168 valence electrons. The van der Waals surface area contributed by atoms with Crippen molar-refractivity contribution in [2.75, 3.05) is 18.6 Å². The van der Waals surface area contributed by atoms with Crippen LogP contribution in [0, 0.1) is 23.2 Å². The van der Waals surface area contributed by atoms with Crippen LogP contribution < -0.4 is 9.64 Å². The number of halogens is 1. The molecule has 1 heterocycles. The van der Waals surface area contributed by atoms with Gasteiger partial charge in [0.25, 0.3) is 0 Å². The van der Waals surface area contributed by atoms with Gasteiger partial charge in [-0.25, -0.2) is 4.79 Å². The van der Waals surface area contributed by atoms with Gasteiger partial charge in [-0.1, -0.05) is 24.6 Å². The quantitative estimate of drug-likeness (QED) is 0.526. The third-order valence-electron chi connectivity index (χ3n) is 9.01. The van der Waals surface area contributed by atoms with Crippen molar-refractivity contribution in [2.45, 2.75) is 51.0 Å². The van der Waals surface area contributed by atoms with E-state index in [-0.39, 0.29) is 17.6 Å². The molecule has 2 aromatic rings. The van der Waals surface area contributed by atoms with Crippen LogP contribution in [-0.2, 0) is 11.2 Å². The highest BCUT2D eigenvalue weighted by atomic mass is 35.5. The van der Waals surface area contributed by atoms with Crippen molar-refractivity contribution >= 4 is 23.4 Å². The molecular weight excluding hydrogens is 422 g/mol. The molecular formula is C27H30ClNO3. The number of anilines is 1. The molecule has 6 rings (SSSR count). The molecule has 0 unspecified atom stereocenters. The lowest BCUT2D eigenvalue weighted by atomic mass is 9.55. The van der Waals surface area contributed by atoms with Gasteiger partial charge >= 0.3 is 6.09 Å². The SMILES string of the molecule is COc1ccc2c(c1)CC[C@@H]1[C@@H]2CC[C@@]2(C)[C@H]1C[C@@H]1CN(c3ccc(Cl)cc3)C(=O)O[C@@H]12. The number of nitrogens with zero attached hydrogens (tertiary/aromatic N) is 1. The van der Waals surface area contributed by atoms with E-state index in [9.17, 15) is 4.79 Å². The zero-order chi connectivity index (χ0) is 22.0. The Kier molecular flexibility index (Phi) is 4.73. The number of benzene rings is 2.